The maximum atomic E-state index is 13.6. The van der Waals surface area contributed by atoms with Crippen molar-refractivity contribution >= 4 is 34.3 Å². The highest BCUT2D eigenvalue weighted by molar-refractivity contribution is 6.30. The summed E-state index contributed by atoms with van der Waals surface area (Å²) in [5.74, 6) is 0.748. The first kappa shape index (κ1) is 23.1. The minimum Gasteiger partial charge on any atom is -0.494 e. The van der Waals surface area contributed by atoms with E-state index < -0.39 is 11.9 Å². The zero-order valence-corrected chi connectivity index (χ0v) is 20.1. The van der Waals surface area contributed by atoms with Gasteiger partial charge in [0, 0.05) is 6.20 Å². The van der Waals surface area contributed by atoms with Crippen LogP contribution in [-0.2, 0) is 0 Å². The number of rotatable bonds is 8. The predicted octanol–water partition coefficient (Wildman–Crippen LogP) is 6.55. The Labute approximate surface area is 208 Å². The lowest BCUT2D eigenvalue weighted by atomic mass is 9.98. The van der Waals surface area contributed by atoms with Gasteiger partial charge in [-0.25, -0.2) is 4.98 Å². The number of hydrogen-bond donors (Lipinski definition) is 0. The maximum absolute atomic E-state index is 13.6. The Balaban J connectivity index is 1.55. The Bertz CT molecular complexity index is 1410. The molecule has 3 heterocycles. The van der Waals surface area contributed by atoms with Crippen LogP contribution in [0.25, 0.3) is 11.0 Å². The summed E-state index contributed by atoms with van der Waals surface area (Å²) in [5.41, 5.74) is 1.21. The summed E-state index contributed by atoms with van der Waals surface area (Å²) in [6.45, 7) is 2.83. The molecular weight excluding hydrogens is 464 g/mol. The summed E-state index contributed by atoms with van der Waals surface area (Å²) in [6.07, 6.45) is 6.00. The van der Waals surface area contributed by atoms with Crippen LogP contribution in [0.1, 0.15) is 60.3 Å². The SMILES string of the molecule is CCCCCCOc1ccc(C2c3c(oc4ccccc4c3=O)C(=O)N2c2ccc(Cl)cn2)cc1. The summed E-state index contributed by atoms with van der Waals surface area (Å²) in [7, 11) is 0. The van der Waals surface area contributed by atoms with E-state index in [0.717, 1.165) is 24.2 Å². The average Bonchev–Trinajstić information content (AvgIpc) is 3.17. The van der Waals surface area contributed by atoms with Crippen molar-refractivity contribution in [3.05, 3.63) is 99.0 Å². The van der Waals surface area contributed by atoms with Crippen molar-refractivity contribution in [2.75, 3.05) is 11.5 Å². The van der Waals surface area contributed by atoms with Crippen LogP contribution in [0, 0.1) is 0 Å². The topological polar surface area (TPSA) is 72.6 Å². The van der Waals surface area contributed by atoms with Crippen LogP contribution in [0.5, 0.6) is 5.75 Å². The number of anilines is 1. The van der Waals surface area contributed by atoms with E-state index in [1.54, 1.807) is 36.4 Å². The highest BCUT2D eigenvalue weighted by Gasteiger charge is 2.44. The van der Waals surface area contributed by atoms with Crippen molar-refractivity contribution in [3.8, 4) is 5.75 Å². The van der Waals surface area contributed by atoms with Gasteiger partial charge in [0.25, 0.3) is 5.91 Å². The van der Waals surface area contributed by atoms with Gasteiger partial charge in [-0.1, -0.05) is 62.1 Å². The summed E-state index contributed by atoms with van der Waals surface area (Å²) in [6, 6.07) is 17.1. The fraction of sp³-hybridized carbons (Fsp3) is 0.250. The van der Waals surface area contributed by atoms with Crippen LogP contribution in [0.3, 0.4) is 0 Å². The maximum Gasteiger partial charge on any atom is 0.296 e. The zero-order chi connectivity index (χ0) is 24.4. The van der Waals surface area contributed by atoms with Gasteiger partial charge in [-0.2, -0.15) is 0 Å². The molecule has 0 saturated heterocycles. The smallest absolute Gasteiger partial charge is 0.296 e. The van der Waals surface area contributed by atoms with Crippen molar-refractivity contribution in [1.29, 1.82) is 0 Å². The van der Waals surface area contributed by atoms with Crippen LogP contribution in [0.2, 0.25) is 5.02 Å². The second-order valence-corrected chi connectivity index (χ2v) is 9.00. The first-order valence-corrected chi connectivity index (χ1v) is 12.2. The predicted molar refractivity (Wildman–Crippen MR) is 136 cm³/mol. The number of halogens is 1. The van der Waals surface area contributed by atoms with Gasteiger partial charge in [-0.3, -0.25) is 14.5 Å². The third-order valence-corrected chi connectivity index (χ3v) is 6.42. The number of carbonyl (C=O) groups is 1. The molecule has 7 heteroatoms. The molecule has 0 bridgehead atoms. The lowest BCUT2D eigenvalue weighted by Gasteiger charge is -2.24. The normalized spacial score (nSPS) is 15.0. The standard InChI is InChI=1S/C28H25ClN2O4/c1-2-3-4-7-16-34-20-13-10-18(11-14-20)25-24-26(32)21-8-5-6-9-22(21)35-27(24)28(33)31(25)23-15-12-19(29)17-30-23/h5-6,8-15,17,25H,2-4,7,16H2,1H3. The molecule has 0 aliphatic carbocycles. The number of nitrogens with zero attached hydrogens (tertiary/aromatic N) is 2. The van der Waals surface area contributed by atoms with Gasteiger partial charge in [-0.05, 0) is 48.4 Å². The molecule has 0 radical (unpaired) electrons. The number of benzene rings is 2. The van der Waals surface area contributed by atoms with Gasteiger partial charge in [0.05, 0.1) is 28.6 Å². The molecular formula is C28H25ClN2O4. The molecule has 4 aromatic rings. The van der Waals surface area contributed by atoms with Crippen molar-refractivity contribution in [2.24, 2.45) is 0 Å². The van der Waals surface area contributed by atoms with E-state index in [4.69, 9.17) is 20.8 Å². The van der Waals surface area contributed by atoms with E-state index in [9.17, 15) is 9.59 Å². The van der Waals surface area contributed by atoms with Gasteiger partial charge in [0.15, 0.2) is 5.43 Å². The van der Waals surface area contributed by atoms with Gasteiger partial charge >= 0.3 is 0 Å². The second-order valence-electron chi connectivity index (χ2n) is 8.56. The molecule has 0 N–H and O–H groups in total. The minimum absolute atomic E-state index is 0.0340. The first-order valence-electron chi connectivity index (χ1n) is 11.8. The quantitative estimate of drug-likeness (QED) is 0.263. The van der Waals surface area contributed by atoms with E-state index in [1.165, 1.54) is 23.9 Å². The summed E-state index contributed by atoms with van der Waals surface area (Å²) in [4.78, 5) is 33.0. The number of pyridine rings is 1. The Morgan fingerprint density at radius 1 is 1.00 bits per heavy atom. The van der Waals surface area contributed by atoms with Gasteiger partial charge in [-0.15, -0.1) is 0 Å². The zero-order valence-electron chi connectivity index (χ0n) is 19.4. The molecule has 5 rings (SSSR count). The molecule has 2 aromatic carbocycles. The number of ether oxygens (including phenoxy) is 1. The average molecular weight is 489 g/mol. The fourth-order valence-electron chi connectivity index (χ4n) is 4.45. The fourth-order valence-corrected chi connectivity index (χ4v) is 4.56. The van der Waals surface area contributed by atoms with Crippen LogP contribution in [0.4, 0.5) is 5.82 Å². The molecule has 178 valence electrons. The lowest BCUT2D eigenvalue weighted by molar-refractivity contribution is 0.0970. The van der Waals surface area contributed by atoms with Crippen LogP contribution >= 0.6 is 11.6 Å². The van der Waals surface area contributed by atoms with E-state index in [2.05, 4.69) is 11.9 Å². The Morgan fingerprint density at radius 2 is 1.80 bits per heavy atom. The molecule has 0 fully saturated rings. The van der Waals surface area contributed by atoms with Crippen molar-refractivity contribution in [3.63, 3.8) is 0 Å². The molecule has 1 aliphatic heterocycles. The third kappa shape index (κ3) is 4.42. The van der Waals surface area contributed by atoms with Gasteiger partial charge in [0.1, 0.15) is 17.2 Å². The number of fused-ring (bicyclic) bond motifs is 2. The molecule has 2 aromatic heterocycles. The molecule has 0 spiro atoms. The summed E-state index contributed by atoms with van der Waals surface area (Å²) in [5, 5.41) is 0.886. The summed E-state index contributed by atoms with van der Waals surface area (Å²) < 4.78 is 11.8. The molecule has 1 aliphatic rings. The molecule has 6 nitrogen and oxygen atoms in total. The Morgan fingerprint density at radius 3 is 2.54 bits per heavy atom. The van der Waals surface area contributed by atoms with Crippen LogP contribution < -0.4 is 15.1 Å². The molecule has 35 heavy (non-hydrogen) atoms. The monoisotopic (exact) mass is 488 g/mol. The Hall–Kier alpha value is -3.64. The third-order valence-electron chi connectivity index (χ3n) is 6.20. The number of hydrogen-bond acceptors (Lipinski definition) is 5. The number of amides is 1. The number of unbranched alkanes of at least 4 members (excludes halogenated alkanes) is 3. The summed E-state index contributed by atoms with van der Waals surface area (Å²) >= 11 is 6.03. The second kappa shape index (κ2) is 9.92. The number of carbonyl (C=O) groups excluding carboxylic acids is 1. The van der Waals surface area contributed by atoms with Crippen LogP contribution in [-0.4, -0.2) is 17.5 Å². The van der Waals surface area contributed by atoms with Crippen molar-refractivity contribution in [2.45, 2.75) is 38.6 Å². The highest BCUT2D eigenvalue weighted by atomic mass is 35.5. The van der Waals surface area contributed by atoms with Gasteiger partial charge in [0.2, 0.25) is 5.76 Å². The van der Waals surface area contributed by atoms with Gasteiger partial charge < -0.3 is 9.15 Å². The molecule has 0 saturated carbocycles. The van der Waals surface area contributed by atoms with Crippen LogP contribution in [0.15, 0.2) is 76.1 Å². The molecule has 1 unspecified atom stereocenters. The van der Waals surface area contributed by atoms with Crippen molar-refractivity contribution in [1.82, 2.24) is 4.98 Å². The highest BCUT2D eigenvalue weighted by Crippen LogP contribution is 2.41. The largest absolute Gasteiger partial charge is 0.494 e. The van der Waals surface area contributed by atoms with E-state index in [0.29, 0.717) is 34.0 Å². The lowest BCUT2D eigenvalue weighted by Crippen LogP contribution is -2.30. The number of aromatic nitrogens is 1. The Kier molecular flexibility index (Phi) is 6.55. The molecule has 1 amide bonds. The van der Waals surface area contributed by atoms with E-state index in [1.807, 2.05) is 24.3 Å². The van der Waals surface area contributed by atoms with Crippen molar-refractivity contribution < 1.29 is 13.9 Å². The molecule has 1 atom stereocenters. The van der Waals surface area contributed by atoms with E-state index in [-0.39, 0.29) is 11.2 Å². The number of para-hydroxylation sites is 1. The minimum atomic E-state index is -0.689. The van der Waals surface area contributed by atoms with E-state index >= 15 is 0 Å². The first-order chi connectivity index (χ1) is 17.1.